The summed E-state index contributed by atoms with van der Waals surface area (Å²) in [5.74, 6) is 1.53. The summed E-state index contributed by atoms with van der Waals surface area (Å²) in [4.78, 5) is 6.85. The summed E-state index contributed by atoms with van der Waals surface area (Å²) in [5, 5.41) is 8.62. The van der Waals surface area contributed by atoms with Crippen molar-refractivity contribution >= 4 is 23.2 Å². The third kappa shape index (κ3) is 2.88. The van der Waals surface area contributed by atoms with Crippen LogP contribution in [-0.2, 0) is 0 Å². The standard InChI is InChI=1S/C14H20ClN5/c1-2-19(9-11-5-7-16-8-6-11)14-17-13-4-3-12(15)10-20(13)18-14/h3-4,10-11,16H,2,5-9H2,1H3. The van der Waals surface area contributed by atoms with Gasteiger partial charge >= 0.3 is 0 Å². The Kier molecular flexibility index (Phi) is 4.08. The van der Waals surface area contributed by atoms with Crippen molar-refractivity contribution in [2.24, 2.45) is 5.92 Å². The number of hydrogen-bond donors (Lipinski definition) is 1. The van der Waals surface area contributed by atoms with Gasteiger partial charge in [-0.2, -0.15) is 4.98 Å². The maximum Gasteiger partial charge on any atom is 0.245 e. The van der Waals surface area contributed by atoms with Gasteiger partial charge in [0.25, 0.3) is 0 Å². The van der Waals surface area contributed by atoms with E-state index in [0.717, 1.165) is 43.7 Å². The number of halogens is 1. The van der Waals surface area contributed by atoms with Gasteiger partial charge in [-0.15, -0.1) is 5.10 Å². The highest BCUT2D eigenvalue weighted by Crippen LogP contribution is 2.18. The molecule has 0 radical (unpaired) electrons. The zero-order valence-electron chi connectivity index (χ0n) is 11.7. The third-order valence-electron chi connectivity index (χ3n) is 3.89. The van der Waals surface area contributed by atoms with Crippen LogP contribution in [0.5, 0.6) is 0 Å². The number of aromatic nitrogens is 3. The second kappa shape index (κ2) is 5.97. The first-order valence-electron chi connectivity index (χ1n) is 7.24. The molecule has 3 rings (SSSR count). The molecule has 2 aromatic rings. The lowest BCUT2D eigenvalue weighted by Crippen LogP contribution is -2.36. The van der Waals surface area contributed by atoms with Crippen LogP contribution in [0.15, 0.2) is 18.3 Å². The quantitative estimate of drug-likeness (QED) is 0.939. The SMILES string of the molecule is CCN(CC1CCNCC1)c1nc2ccc(Cl)cn2n1. The molecule has 0 saturated carbocycles. The van der Waals surface area contributed by atoms with Crippen LogP contribution in [0.1, 0.15) is 19.8 Å². The van der Waals surface area contributed by atoms with E-state index in [1.165, 1.54) is 12.8 Å². The summed E-state index contributed by atoms with van der Waals surface area (Å²) in [6.07, 6.45) is 4.26. The zero-order valence-corrected chi connectivity index (χ0v) is 12.5. The summed E-state index contributed by atoms with van der Waals surface area (Å²) >= 11 is 5.99. The van der Waals surface area contributed by atoms with Crippen LogP contribution in [0.2, 0.25) is 5.02 Å². The lowest BCUT2D eigenvalue weighted by molar-refractivity contribution is 0.373. The van der Waals surface area contributed by atoms with E-state index in [1.807, 2.05) is 12.1 Å². The van der Waals surface area contributed by atoms with Gasteiger partial charge in [0.15, 0.2) is 5.65 Å². The second-order valence-corrected chi connectivity index (χ2v) is 5.73. The molecule has 0 amide bonds. The zero-order chi connectivity index (χ0) is 13.9. The van der Waals surface area contributed by atoms with E-state index >= 15 is 0 Å². The number of nitrogens with zero attached hydrogens (tertiary/aromatic N) is 4. The summed E-state index contributed by atoms with van der Waals surface area (Å²) in [6, 6.07) is 3.75. The lowest BCUT2D eigenvalue weighted by Gasteiger charge is -2.28. The van der Waals surface area contributed by atoms with Crippen LogP contribution in [0.25, 0.3) is 5.65 Å². The maximum atomic E-state index is 5.99. The molecular weight excluding hydrogens is 274 g/mol. The van der Waals surface area contributed by atoms with Crippen molar-refractivity contribution in [2.75, 3.05) is 31.1 Å². The van der Waals surface area contributed by atoms with Crippen molar-refractivity contribution in [3.8, 4) is 0 Å². The highest BCUT2D eigenvalue weighted by atomic mass is 35.5. The number of piperidine rings is 1. The normalized spacial score (nSPS) is 16.7. The van der Waals surface area contributed by atoms with Crippen LogP contribution >= 0.6 is 11.6 Å². The van der Waals surface area contributed by atoms with E-state index in [0.29, 0.717) is 5.02 Å². The van der Waals surface area contributed by atoms with Crippen LogP contribution < -0.4 is 10.2 Å². The third-order valence-corrected chi connectivity index (χ3v) is 4.11. The molecule has 0 atom stereocenters. The second-order valence-electron chi connectivity index (χ2n) is 5.29. The molecule has 1 aliphatic rings. The van der Waals surface area contributed by atoms with Crippen LogP contribution in [0, 0.1) is 5.92 Å². The molecule has 1 fully saturated rings. The van der Waals surface area contributed by atoms with Gasteiger partial charge in [-0.25, -0.2) is 4.52 Å². The number of pyridine rings is 1. The molecule has 3 heterocycles. The van der Waals surface area contributed by atoms with E-state index in [1.54, 1.807) is 10.7 Å². The van der Waals surface area contributed by atoms with E-state index in [9.17, 15) is 0 Å². The molecule has 0 aliphatic carbocycles. The molecule has 0 aromatic carbocycles. The smallest absolute Gasteiger partial charge is 0.245 e. The van der Waals surface area contributed by atoms with Crippen LogP contribution in [-0.4, -0.2) is 40.8 Å². The molecular formula is C14H20ClN5. The van der Waals surface area contributed by atoms with Crippen molar-refractivity contribution < 1.29 is 0 Å². The Morgan fingerprint density at radius 2 is 2.20 bits per heavy atom. The number of nitrogens with one attached hydrogen (secondary N) is 1. The lowest BCUT2D eigenvalue weighted by atomic mass is 9.98. The summed E-state index contributed by atoms with van der Waals surface area (Å²) in [6.45, 7) is 6.35. The minimum Gasteiger partial charge on any atom is -0.340 e. The molecule has 20 heavy (non-hydrogen) atoms. The number of fused-ring (bicyclic) bond motifs is 1. The van der Waals surface area contributed by atoms with E-state index in [4.69, 9.17) is 11.6 Å². The van der Waals surface area contributed by atoms with Crippen molar-refractivity contribution in [3.63, 3.8) is 0 Å². The molecule has 1 N–H and O–H groups in total. The van der Waals surface area contributed by atoms with Gasteiger partial charge in [0.2, 0.25) is 5.95 Å². The monoisotopic (exact) mass is 293 g/mol. The van der Waals surface area contributed by atoms with E-state index in [-0.39, 0.29) is 0 Å². The van der Waals surface area contributed by atoms with Crippen LogP contribution in [0.3, 0.4) is 0 Å². The average Bonchev–Trinajstić information content (AvgIpc) is 2.88. The topological polar surface area (TPSA) is 45.5 Å². The van der Waals surface area contributed by atoms with Crippen molar-refractivity contribution in [1.82, 2.24) is 19.9 Å². The number of rotatable bonds is 4. The minimum absolute atomic E-state index is 0.676. The maximum absolute atomic E-state index is 5.99. The predicted octanol–water partition coefficient (Wildman–Crippen LogP) is 2.21. The summed E-state index contributed by atoms with van der Waals surface area (Å²) in [5.41, 5.74) is 0.841. The van der Waals surface area contributed by atoms with Crippen molar-refractivity contribution in [2.45, 2.75) is 19.8 Å². The van der Waals surface area contributed by atoms with Gasteiger partial charge in [-0.05, 0) is 50.9 Å². The van der Waals surface area contributed by atoms with Gasteiger partial charge in [-0.3, -0.25) is 0 Å². The molecule has 0 spiro atoms. The largest absolute Gasteiger partial charge is 0.340 e. The summed E-state index contributed by atoms with van der Waals surface area (Å²) < 4.78 is 1.75. The van der Waals surface area contributed by atoms with Crippen LogP contribution in [0.4, 0.5) is 5.95 Å². The fourth-order valence-electron chi connectivity index (χ4n) is 2.71. The van der Waals surface area contributed by atoms with Gasteiger partial charge in [0.1, 0.15) is 0 Å². The van der Waals surface area contributed by atoms with Gasteiger partial charge in [0.05, 0.1) is 5.02 Å². The molecule has 2 aromatic heterocycles. The molecule has 1 aliphatic heterocycles. The Balaban J connectivity index is 1.79. The Morgan fingerprint density at radius 3 is 2.95 bits per heavy atom. The molecule has 5 nitrogen and oxygen atoms in total. The van der Waals surface area contributed by atoms with E-state index < -0.39 is 0 Å². The molecule has 6 heteroatoms. The highest BCUT2D eigenvalue weighted by molar-refractivity contribution is 6.30. The Hall–Kier alpha value is -1.33. The Labute approximate surface area is 123 Å². The number of hydrogen-bond acceptors (Lipinski definition) is 4. The first-order chi connectivity index (χ1) is 9.76. The molecule has 0 unspecified atom stereocenters. The predicted molar refractivity (Wildman–Crippen MR) is 81.5 cm³/mol. The highest BCUT2D eigenvalue weighted by Gasteiger charge is 2.19. The first kappa shape index (κ1) is 13.6. The van der Waals surface area contributed by atoms with E-state index in [2.05, 4.69) is 27.2 Å². The molecule has 108 valence electrons. The molecule has 1 saturated heterocycles. The average molecular weight is 294 g/mol. The van der Waals surface area contributed by atoms with Crippen molar-refractivity contribution in [3.05, 3.63) is 23.4 Å². The Bertz CT molecular complexity index is 576. The molecule has 0 bridgehead atoms. The van der Waals surface area contributed by atoms with Crippen molar-refractivity contribution in [1.29, 1.82) is 0 Å². The minimum atomic E-state index is 0.676. The fourth-order valence-corrected chi connectivity index (χ4v) is 2.86. The van der Waals surface area contributed by atoms with Gasteiger partial charge in [-0.1, -0.05) is 11.6 Å². The fraction of sp³-hybridized carbons (Fsp3) is 0.571. The first-order valence-corrected chi connectivity index (χ1v) is 7.61. The Morgan fingerprint density at radius 1 is 1.40 bits per heavy atom. The van der Waals surface area contributed by atoms with Gasteiger partial charge < -0.3 is 10.2 Å². The number of anilines is 1. The summed E-state index contributed by atoms with van der Waals surface area (Å²) in [7, 11) is 0. The van der Waals surface area contributed by atoms with Gasteiger partial charge in [0, 0.05) is 19.3 Å².